The number of nitrogens with zero attached hydrogens (tertiary/aromatic N) is 2. The summed E-state index contributed by atoms with van der Waals surface area (Å²) in [5.74, 6) is 1.11. The zero-order valence-electron chi connectivity index (χ0n) is 11.3. The van der Waals surface area contributed by atoms with Crippen LogP contribution in [0.3, 0.4) is 0 Å². The van der Waals surface area contributed by atoms with E-state index < -0.39 is 0 Å². The molecule has 19 heavy (non-hydrogen) atoms. The maximum atomic E-state index is 12.5. The fourth-order valence-corrected chi connectivity index (χ4v) is 3.82. The second kappa shape index (κ2) is 5.02. The number of pyridine rings is 1. The molecule has 0 spiro atoms. The van der Waals surface area contributed by atoms with E-state index in [9.17, 15) is 4.79 Å². The van der Waals surface area contributed by atoms with Crippen molar-refractivity contribution in [1.82, 2.24) is 9.47 Å². The molecule has 0 atom stereocenters. The first-order valence-electron chi connectivity index (χ1n) is 6.60. The summed E-state index contributed by atoms with van der Waals surface area (Å²) in [6.07, 6.45) is 1.08. The number of rotatable bonds is 2. The summed E-state index contributed by atoms with van der Waals surface area (Å²) in [5, 5.41) is 3.14. The molecule has 1 aliphatic heterocycles. The standard InChI is InChI=1S/C15H18N2OS/c1-16(2)10-13-11-6-3-4-7-12(11)14(18)17-8-5-9-19-15(13)17/h3-4,6-7H,5,8-10H2,1-2H3. The van der Waals surface area contributed by atoms with Crippen molar-refractivity contribution in [3.8, 4) is 0 Å². The molecule has 0 fully saturated rings. The van der Waals surface area contributed by atoms with Crippen LogP contribution in [-0.4, -0.2) is 29.3 Å². The van der Waals surface area contributed by atoms with Crippen LogP contribution in [0.2, 0.25) is 0 Å². The van der Waals surface area contributed by atoms with Gasteiger partial charge in [0.2, 0.25) is 0 Å². The number of hydrogen-bond donors (Lipinski definition) is 0. The Hall–Kier alpha value is -1.26. The highest BCUT2D eigenvalue weighted by Gasteiger charge is 2.19. The van der Waals surface area contributed by atoms with Gasteiger partial charge in [-0.3, -0.25) is 4.79 Å². The van der Waals surface area contributed by atoms with Gasteiger partial charge in [0, 0.05) is 29.8 Å². The predicted molar refractivity (Wildman–Crippen MR) is 80.9 cm³/mol. The molecule has 100 valence electrons. The third kappa shape index (κ3) is 2.19. The first-order valence-corrected chi connectivity index (χ1v) is 7.59. The largest absolute Gasteiger partial charge is 0.305 e. The van der Waals surface area contributed by atoms with Gasteiger partial charge in [-0.15, -0.1) is 11.8 Å². The Bertz CT molecular complexity index is 676. The van der Waals surface area contributed by atoms with Gasteiger partial charge in [-0.25, -0.2) is 0 Å². The van der Waals surface area contributed by atoms with Crippen LogP contribution in [0.5, 0.6) is 0 Å². The number of hydrogen-bond acceptors (Lipinski definition) is 3. The molecule has 0 aliphatic carbocycles. The molecule has 0 unspecified atom stereocenters. The van der Waals surface area contributed by atoms with Crippen molar-refractivity contribution in [3.63, 3.8) is 0 Å². The maximum absolute atomic E-state index is 12.5. The lowest BCUT2D eigenvalue weighted by molar-refractivity contribution is 0.395. The summed E-state index contributed by atoms with van der Waals surface area (Å²) in [7, 11) is 4.15. The van der Waals surface area contributed by atoms with Crippen LogP contribution < -0.4 is 5.56 Å². The summed E-state index contributed by atoms with van der Waals surface area (Å²) < 4.78 is 1.97. The average molecular weight is 274 g/mol. The summed E-state index contributed by atoms with van der Waals surface area (Å²) in [6, 6.07) is 7.99. The Kier molecular flexibility index (Phi) is 3.37. The molecule has 2 aromatic rings. The average Bonchev–Trinajstić information content (AvgIpc) is 2.43. The van der Waals surface area contributed by atoms with E-state index in [1.165, 1.54) is 10.6 Å². The third-order valence-electron chi connectivity index (χ3n) is 3.47. The number of fused-ring (bicyclic) bond motifs is 2. The molecule has 0 N–H and O–H groups in total. The van der Waals surface area contributed by atoms with Crippen LogP contribution in [0.15, 0.2) is 34.1 Å². The molecule has 3 nitrogen and oxygen atoms in total. The summed E-state index contributed by atoms with van der Waals surface area (Å²) in [5.41, 5.74) is 1.46. The van der Waals surface area contributed by atoms with Crippen LogP contribution in [0.4, 0.5) is 0 Å². The van der Waals surface area contributed by atoms with Gasteiger partial charge in [0.1, 0.15) is 0 Å². The van der Waals surface area contributed by atoms with E-state index in [0.717, 1.165) is 36.0 Å². The molecule has 0 bridgehead atoms. The minimum Gasteiger partial charge on any atom is -0.305 e. The highest BCUT2D eigenvalue weighted by molar-refractivity contribution is 7.99. The van der Waals surface area contributed by atoms with Gasteiger partial charge in [0.15, 0.2) is 0 Å². The van der Waals surface area contributed by atoms with Crippen LogP contribution in [0, 0.1) is 0 Å². The first-order chi connectivity index (χ1) is 9.18. The highest BCUT2D eigenvalue weighted by atomic mass is 32.2. The number of thioether (sulfide) groups is 1. The van der Waals surface area contributed by atoms with E-state index >= 15 is 0 Å². The van der Waals surface area contributed by atoms with Gasteiger partial charge in [-0.1, -0.05) is 18.2 Å². The lowest BCUT2D eigenvalue weighted by atomic mass is 10.1. The SMILES string of the molecule is CN(C)Cc1c2n(c(=O)c3ccccc13)CCCS2. The van der Waals surface area contributed by atoms with Crippen molar-refractivity contribution in [2.24, 2.45) is 0 Å². The molecule has 0 amide bonds. The van der Waals surface area contributed by atoms with Crippen molar-refractivity contribution < 1.29 is 0 Å². The highest BCUT2D eigenvalue weighted by Crippen LogP contribution is 2.31. The fraction of sp³-hybridized carbons (Fsp3) is 0.400. The van der Waals surface area contributed by atoms with Gasteiger partial charge in [0.25, 0.3) is 5.56 Å². The lowest BCUT2D eigenvalue weighted by Gasteiger charge is -2.24. The van der Waals surface area contributed by atoms with E-state index in [2.05, 4.69) is 25.1 Å². The molecule has 4 heteroatoms. The van der Waals surface area contributed by atoms with Crippen molar-refractivity contribution >= 4 is 22.5 Å². The third-order valence-corrected chi connectivity index (χ3v) is 4.70. The second-order valence-electron chi connectivity index (χ2n) is 5.23. The molecule has 1 aliphatic rings. The lowest BCUT2D eigenvalue weighted by Crippen LogP contribution is -2.27. The topological polar surface area (TPSA) is 25.2 Å². The van der Waals surface area contributed by atoms with Crippen molar-refractivity contribution in [3.05, 3.63) is 40.2 Å². The summed E-state index contributed by atoms with van der Waals surface area (Å²) >= 11 is 1.82. The molecule has 2 heterocycles. The van der Waals surface area contributed by atoms with Gasteiger partial charge < -0.3 is 9.47 Å². The monoisotopic (exact) mass is 274 g/mol. The van der Waals surface area contributed by atoms with Gasteiger partial charge in [-0.05, 0) is 32.0 Å². The Morgan fingerprint density at radius 3 is 2.74 bits per heavy atom. The molecule has 3 rings (SSSR count). The zero-order valence-corrected chi connectivity index (χ0v) is 12.2. The fourth-order valence-electron chi connectivity index (χ4n) is 2.68. The van der Waals surface area contributed by atoms with Crippen LogP contribution >= 0.6 is 11.8 Å². The van der Waals surface area contributed by atoms with Crippen molar-refractivity contribution in [2.75, 3.05) is 19.8 Å². The van der Waals surface area contributed by atoms with E-state index in [1.807, 2.05) is 34.5 Å². The molecule has 1 aromatic heterocycles. The molecule has 1 aromatic carbocycles. The molecule has 0 saturated carbocycles. The van der Waals surface area contributed by atoms with Gasteiger partial charge in [-0.2, -0.15) is 0 Å². The predicted octanol–water partition coefficient (Wildman–Crippen LogP) is 2.56. The van der Waals surface area contributed by atoms with E-state index in [4.69, 9.17) is 0 Å². The molecular weight excluding hydrogens is 256 g/mol. The van der Waals surface area contributed by atoms with Crippen molar-refractivity contribution in [1.29, 1.82) is 0 Å². The summed E-state index contributed by atoms with van der Waals surface area (Å²) in [6.45, 7) is 1.73. The van der Waals surface area contributed by atoms with E-state index in [0.29, 0.717) is 0 Å². The normalized spacial score (nSPS) is 14.9. The molecule has 0 saturated heterocycles. The molecular formula is C15H18N2OS. The Morgan fingerprint density at radius 1 is 1.26 bits per heavy atom. The number of aromatic nitrogens is 1. The first kappa shape index (κ1) is 12.8. The number of benzene rings is 1. The van der Waals surface area contributed by atoms with Crippen LogP contribution in [0.25, 0.3) is 10.8 Å². The Morgan fingerprint density at radius 2 is 2.00 bits per heavy atom. The smallest absolute Gasteiger partial charge is 0.259 e. The molecule has 0 radical (unpaired) electrons. The van der Waals surface area contributed by atoms with E-state index in [-0.39, 0.29) is 5.56 Å². The maximum Gasteiger partial charge on any atom is 0.259 e. The minimum absolute atomic E-state index is 0.167. The Labute approximate surface area is 117 Å². The minimum atomic E-state index is 0.167. The Balaban J connectivity index is 2.36. The van der Waals surface area contributed by atoms with Crippen LogP contribution in [-0.2, 0) is 13.1 Å². The van der Waals surface area contributed by atoms with Crippen LogP contribution in [0.1, 0.15) is 12.0 Å². The quantitative estimate of drug-likeness (QED) is 0.841. The van der Waals surface area contributed by atoms with Crippen molar-refractivity contribution in [2.45, 2.75) is 24.5 Å². The summed E-state index contributed by atoms with van der Waals surface area (Å²) in [4.78, 5) is 14.7. The second-order valence-corrected chi connectivity index (χ2v) is 6.31. The zero-order chi connectivity index (χ0) is 13.4. The van der Waals surface area contributed by atoms with E-state index in [1.54, 1.807) is 0 Å². The van der Waals surface area contributed by atoms with Gasteiger partial charge in [0.05, 0.1) is 5.03 Å². The van der Waals surface area contributed by atoms with Gasteiger partial charge >= 0.3 is 0 Å².